The van der Waals surface area contributed by atoms with Crippen LogP contribution < -0.4 is 5.32 Å². The second-order valence-corrected chi connectivity index (χ2v) is 20.7. The van der Waals surface area contributed by atoms with Crippen molar-refractivity contribution in [3.05, 3.63) is 36.5 Å². The average Bonchev–Trinajstić information content (AvgIpc) is 3.34. The first-order valence-corrected chi connectivity index (χ1v) is 30.3. The summed E-state index contributed by atoms with van der Waals surface area (Å²) < 4.78 is 5.46. The normalized spacial score (nSPS) is 12.8. The number of hydrogen-bond donors (Lipinski definition) is 3. The van der Waals surface area contributed by atoms with Crippen LogP contribution in [0.1, 0.15) is 322 Å². The van der Waals surface area contributed by atoms with Crippen LogP contribution in [0.2, 0.25) is 0 Å². The standard InChI is InChI=1S/C62H117NO5/c1-3-5-7-9-11-13-15-17-19-20-21-22-23-24-25-27-30-34-38-42-46-50-54-60(65)59(58-64)63-61(66)55-51-47-43-39-35-31-28-26-29-33-37-41-45-49-53-57-68-62(67)56-52-48-44-40-36-32-18-16-14-12-10-8-6-4-2/h16,18,29,33,50,54,59-60,64-65H,3-15,17,19-28,30-32,34-49,51-53,55-58H2,1-2H3,(H,63,66)/b18-16-,33-29-,54-50+. The van der Waals surface area contributed by atoms with Gasteiger partial charge in [0, 0.05) is 12.8 Å². The number of hydrogen-bond acceptors (Lipinski definition) is 5. The number of carbonyl (C=O) groups excluding carboxylic acids is 2. The minimum Gasteiger partial charge on any atom is -0.466 e. The molecule has 0 heterocycles. The lowest BCUT2D eigenvalue weighted by molar-refractivity contribution is -0.143. The molecule has 1 amide bonds. The van der Waals surface area contributed by atoms with Crippen molar-refractivity contribution >= 4 is 11.9 Å². The van der Waals surface area contributed by atoms with Crippen molar-refractivity contribution in [1.29, 1.82) is 0 Å². The van der Waals surface area contributed by atoms with Crippen LogP contribution in [-0.2, 0) is 14.3 Å². The number of esters is 1. The maximum atomic E-state index is 12.5. The lowest BCUT2D eigenvalue weighted by Gasteiger charge is -2.20. The van der Waals surface area contributed by atoms with E-state index in [9.17, 15) is 19.8 Å². The van der Waals surface area contributed by atoms with Gasteiger partial charge in [-0.15, -0.1) is 0 Å². The van der Waals surface area contributed by atoms with E-state index < -0.39 is 12.1 Å². The summed E-state index contributed by atoms with van der Waals surface area (Å²) in [4.78, 5) is 24.5. The van der Waals surface area contributed by atoms with Crippen LogP contribution in [0.4, 0.5) is 0 Å². The van der Waals surface area contributed by atoms with E-state index in [1.807, 2.05) is 6.08 Å². The summed E-state index contributed by atoms with van der Waals surface area (Å²) in [6, 6.07) is -0.641. The smallest absolute Gasteiger partial charge is 0.305 e. The molecule has 0 saturated carbocycles. The zero-order valence-corrected chi connectivity index (χ0v) is 45.6. The third kappa shape index (κ3) is 53.4. The maximum Gasteiger partial charge on any atom is 0.305 e. The molecule has 2 unspecified atom stereocenters. The molecule has 2 atom stereocenters. The van der Waals surface area contributed by atoms with E-state index in [0.717, 1.165) is 70.6 Å². The van der Waals surface area contributed by atoms with Gasteiger partial charge in [-0.1, -0.05) is 262 Å². The molecule has 0 rings (SSSR count). The first-order chi connectivity index (χ1) is 33.5. The van der Waals surface area contributed by atoms with Gasteiger partial charge < -0.3 is 20.3 Å². The van der Waals surface area contributed by atoms with Crippen molar-refractivity contribution in [2.75, 3.05) is 13.2 Å². The van der Waals surface area contributed by atoms with Crippen molar-refractivity contribution in [3.63, 3.8) is 0 Å². The van der Waals surface area contributed by atoms with Crippen molar-refractivity contribution in [3.8, 4) is 0 Å². The summed E-state index contributed by atoms with van der Waals surface area (Å²) in [7, 11) is 0. The number of allylic oxidation sites excluding steroid dienone is 5. The van der Waals surface area contributed by atoms with E-state index in [0.29, 0.717) is 19.4 Å². The van der Waals surface area contributed by atoms with E-state index in [2.05, 4.69) is 43.5 Å². The molecule has 0 saturated heterocycles. The summed E-state index contributed by atoms with van der Waals surface area (Å²) in [6.45, 7) is 4.87. The third-order valence-corrected chi connectivity index (χ3v) is 13.9. The Hall–Kier alpha value is -1.92. The highest BCUT2D eigenvalue weighted by Gasteiger charge is 2.18. The predicted octanol–water partition coefficient (Wildman–Crippen LogP) is 18.8. The molecule has 6 nitrogen and oxygen atoms in total. The van der Waals surface area contributed by atoms with Crippen molar-refractivity contribution in [1.82, 2.24) is 5.32 Å². The van der Waals surface area contributed by atoms with Gasteiger partial charge in [-0.05, 0) is 83.5 Å². The summed E-state index contributed by atoms with van der Waals surface area (Å²) in [5, 5.41) is 23.2. The Morgan fingerprint density at radius 1 is 0.397 bits per heavy atom. The number of ether oxygens (including phenoxy) is 1. The van der Waals surface area contributed by atoms with Crippen molar-refractivity contribution in [2.24, 2.45) is 0 Å². The highest BCUT2D eigenvalue weighted by Crippen LogP contribution is 2.17. The van der Waals surface area contributed by atoms with Gasteiger partial charge in [-0.2, -0.15) is 0 Å². The molecule has 0 radical (unpaired) electrons. The molecular weight excluding hydrogens is 839 g/mol. The second kappa shape index (κ2) is 57.7. The molecule has 6 heteroatoms. The molecule has 400 valence electrons. The first-order valence-electron chi connectivity index (χ1n) is 30.3. The lowest BCUT2D eigenvalue weighted by atomic mass is 10.0. The zero-order chi connectivity index (χ0) is 49.3. The van der Waals surface area contributed by atoms with E-state index in [4.69, 9.17) is 4.74 Å². The monoisotopic (exact) mass is 956 g/mol. The minimum atomic E-state index is -0.856. The van der Waals surface area contributed by atoms with Crippen LogP contribution >= 0.6 is 0 Å². The fraction of sp³-hybridized carbons (Fsp3) is 0.871. The van der Waals surface area contributed by atoms with Crippen molar-refractivity contribution < 1.29 is 24.5 Å². The Morgan fingerprint density at radius 3 is 1.04 bits per heavy atom. The van der Waals surface area contributed by atoms with Gasteiger partial charge in [0.2, 0.25) is 5.91 Å². The topological polar surface area (TPSA) is 95.9 Å². The summed E-state index contributed by atoms with van der Waals surface area (Å²) in [5.41, 5.74) is 0. The van der Waals surface area contributed by atoms with E-state index in [-0.39, 0.29) is 18.5 Å². The van der Waals surface area contributed by atoms with Crippen LogP contribution in [0.5, 0.6) is 0 Å². The Balaban J connectivity index is 3.51. The van der Waals surface area contributed by atoms with Gasteiger partial charge in [-0.3, -0.25) is 9.59 Å². The number of nitrogens with one attached hydrogen (secondary N) is 1. The Bertz CT molecular complexity index is 1100. The maximum absolute atomic E-state index is 12.5. The average molecular weight is 957 g/mol. The summed E-state index contributed by atoms with van der Waals surface area (Å²) in [6.07, 6.45) is 71.7. The molecule has 0 bridgehead atoms. The SMILES string of the molecule is CCCCCCC/C=C\CCCCCCCC(=O)OCCCCCC/C=C\CCCCCCCCCC(=O)NC(CO)C(O)/C=C/CCCCCCCCCCCCCCCCCCCCCC. The Morgan fingerprint density at radius 2 is 0.691 bits per heavy atom. The number of aliphatic hydroxyl groups excluding tert-OH is 2. The van der Waals surface area contributed by atoms with Gasteiger partial charge >= 0.3 is 5.97 Å². The molecule has 0 aromatic heterocycles. The number of carbonyl (C=O) groups is 2. The number of unbranched alkanes of at least 4 members (excludes halogenated alkanes) is 41. The van der Waals surface area contributed by atoms with Crippen LogP contribution in [0.3, 0.4) is 0 Å². The van der Waals surface area contributed by atoms with Gasteiger partial charge in [0.1, 0.15) is 0 Å². The fourth-order valence-electron chi connectivity index (χ4n) is 9.21. The van der Waals surface area contributed by atoms with Crippen LogP contribution in [0.15, 0.2) is 36.5 Å². The molecule has 0 aromatic rings. The molecule has 0 aliphatic rings. The van der Waals surface area contributed by atoms with Gasteiger partial charge in [0.15, 0.2) is 0 Å². The number of amides is 1. The molecule has 0 spiro atoms. The Kier molecular flexibility index (Phi) is 56.0. The molecule has 0 aliphatic heterocycles. The second-order valence-electron chi connectivity index (χ2n) is 20.7. The molecule has 3 N–H and O–H groups in total. The van der Waals surface area contributed by atoms with Crippen LogP contribution in [0, 0.1) is 0 Å². The Labute approximate surface area is 424 Å². The quantitative estimate of drug-likeness (QED) is 0.0321. The van der Waals surface area contributed by atoms with Gasteiger partial charge in [-0.25, -0.2) is 0 Å². The third-order valence-electron chi connectivity index (χ3n) is 13.9. The predicted molar refractivity (Wildman–Crippen MR) is 296 cm³/mol. The van der Waals surface area contributed by atoms with Crippen LogP contribution in [-0.4, -0.2) is 47.4 Å². The fourth-order valence-corrected chi connectivity index (χ4v) is 9.21. The molecule has 68 heavy (non-hydrogen) atoms. The number of rotatable bonds is 56. The molecule has 0 fully saturated rings. The van der Waals surface area contributed by atoms with Crippen molar-refractivity contribution in [2.45, 2.75) is 334 Å². The largest absolute Gasteiger partial charge is 0.466 e. The molecule has 0 aliphatic carbocycles. The van der Waals surface area contributed by atoms with Gasteiger partial charge in [0.25, 0.3) is 0 Å². The highest BCUT2D eigenvalue weighted by molar-refractivity contribution is 5.76. The first kappa shape index (κ1) is 66.1. The lowest BCUT2D eigenvalue weighted by Crippen LogP contribution is -2.45. The molecule has 0 aromatic carbocycles. The minimum absolute atomic E-state index is 0.0195. The van der Waals surface area contributed by atoms with E-state index in [1.54, 1.807) is 6.08 Å². The van der Waals surface area contributed by atoms with Gasteiger partial charge in [0.05, 0.1) is 25.4 Å². The summed E-state index contributed by atoms with van der Waals surface area (Å²) >= 11 is 0. The van der Waals surface area contributed by atoms with Crippen LogP contribution in [0.25, 0.3) is 0 Å². The highest BCUT2D eigenvalue weighted by atomic mass is 16.5. The summed E-state index contributed by atoms with van der Waals surface area (Å²) in [5.74, 6) is -0.101. The molecular formula is C62H117NO5. The van der Waals surface area contributed by atoms with E-state index >= 15 is 0 Å². The zero-order valence-electron chi connectivity index (χ0n) is 45.6. The van der Waals surface area contributed by atoms with E-state index in [1.165, 1.54) is 225 Å². The number of aliphatic hydroxyl groups is 2.